The number of benzene rings is 1. The third-order valence-electron chi connectivity index (χ3n) is 3.34. The van der Waals surface area contributed by atoms with Crippen LogP contribution in [-0.4, -0.2) is 23.9 Å². The van der Waals surface area contributed by atoms with Crippen molar-refractivity contribution < 1.29 is 9.59 Å². The van der Waals surface area contributed by atoms with Crippen LogP contribution in [0.3, 0.4) is 0 Å². The Morgan fingerprint density at radius 3 is 2.14 bits per heavy atom. The van der Waals surface area contributed by atoms with E-state index in [1.54, 1.807) is 24.3 Å². The molecule has 4 nitrogen and oxygen atoms in total. The quantitative estimate of drug-likeness (QED) is 0.848. The van der Waals surface area contributed by atoms with Gasteiger partial charge in [-0.05, 0) is 43.5 Å². The number of carbonyl (C=O) groups excluding carboxylic acids is 2. The molecule has 0 aliphatic carbocycles. The lowest BCUT2D eigenvalue weighted by molar-refractivity contribution is -0.124. The molecule has 0 bridgehead atoms. The Hall–Kier alpha value is -1.55. The molecule has 1 aromatic rings. The van der Waals surface area contributed by atoms with E-state index in [1.807, 2.05) is 27.7 Å². The predicted molar refractivity (Wildman–Crippen MR) is 85.4 cm³/mol. The molecule has 2 amide bonds. The van der Waals surface area contributed by atoms with Gasteiger partial charge in [0.25, 0.3) is 5.91 Å². The van der Waals surface area contributed by atoms with Crippen LogP contribution in [0.4, 0.5) is 0 Å². The number of nitrogens with one attached hydrogen (secondary N) is 2. The molecular weight excluding hydrogens is 288 g/mol. The van der Waals surface area contributed by atoms with E-state index in [9.17, 15) is 9.59 Å². The second-order valence-electron chi connectivity index (χ2n) is 5.52. The first-order chi connectivity index (χ1) is 9.85. The van der Waals surface area contributed by atoms with Crippen molar-refractivity contribution >= 4 is 23.4 Å². The van der Waals surface area contributed by atoms with E-state index >= 15 is 0 Å². The van der Waals surface area contributed by atoms with E-state index < -0.39 is 6.04 Å². The molecule has 0 aromatic heterocycles. The molecule has 1 rings (SSSR count). The van der Waals surface area contributed by atoms with Crippen molar-refractivity contribution in [3.05, 3.63) is 34.9 Å². The minimum Gasteiger partial charge on any atom is -0.352 e. The first-order valence-corrected chi connectivity index (χ1v) is 7.59. The number of hydrogen-bond donors (Lipinski definition) is 2. The van der Waals surface area contributed by atoms with Crippen LogP contribution in [0, 0.1) is 5.92 Å². The predicted octanol–water partition coefficient (Wildman–Crippen LogP) is 3.01. The minimum absolute atomic E-state index is 0.00491. The maximum atomic E-state index is 12.2. The van der Waals surface area contributed by atoms with Gasteiger partial charge >= 0.3 is 0 Å². The topological polar surface area (TPSA) is 58.2 Å². The largest absolute Gasteiger partial charge is 0.352 e. The second-order valence-corrected chi connectivity index (χ2v) is 5.96. The van der Waals surface area contributed by atoms with Crippen molar-refractivity contribution in [1.29, 1.82) is 0 Å². The van der Waals surface area contributed by atoms with Gasteiger partial charge in [-0.3, -0.25) is 9.59 Å². The van der Waals surface area contributed by atoms with Gasteiger partial charge in [0.15, 0.2) is 0 Å². The zero-order chi connectivity index (χ0) is 16.0. The lowest BCUT2D eigenvalue weighted by atomic mass is 10.0. The van der Waals surface area contributed by atoms with Gasteiger partial charge in [-0.15, -0.1) is 0 Å². The van der Waals surface area contributed by atoms with E-state index in [1.165, 1.54) is 0 Å². The molecule has 0 radical (unpaired) electrons. The normalized spacial score (nSPS) is 13.6. The summed E-state index contributed by atoms with van der Waals surface area (Å²) in [6, 6.07) is 6.12. The van der Waals surface area contributed by atoms with Crippen molar-refractivity contribution in [3.8, 4) is 0 Å². The maximum absolute atomic E-state index is 12.2. The van der Waals surface area contributed by atoms with Crippen LogP contribution in [0.5, 0.6) is 0 Å². The lowest BCUT2D eigenvalue weighted by Crippen LogP contribution is -2.51. The fourth-order valence-electron chi connectivity index (χ4n) is 1.80. The van der Waals surface area contributed by atoms with Gasteiger partial charge in [0, 0.05) is 16.6 Å². The SMILES string of the molecule is CCC(C)NC(=O)C(NC(=O)c1ccc(Cl)cc1)C(C)C. The van der Waals surface area contributed by atoms with Gasteiger partial charge < -0.3 is 10.6 Å². The van der Waals surface area contributed by atoms with Gasteiger partial charge in [-0.25, -0.2) is 0 Å². The Morgan fingerprint density at radius 2 is 1.67 bits per heavy atom. The van der Waals surface area contributed by atoms with E-state index in [-0.39, 0.29) is 23.8 Å². The highest BCUT2D eigenvalue weighted by Crippen LogP contribution is 2.11. The average molecular weight is 311 g/mol. The summed E-state index contributed by atoms with van der Waals surface area (Å²) in [5, 5.41) is 6.26. The van der Waals surface area contributed by atoms with Crippen molar-refractivity contribution in [2.24, 2.45) is 5.92 Å². The molecule has 0 heterocycles. The molecule has 5 heteroatoms. The molecule has 0 saturated carbocycles. The Bertz CT molecular complexity index is 486. The third-order valence-corrected chi connectivity index (χ3v) is 3.60. The highest BCUT2D eigenvalue weighted by Gasteiger charge is 2.25. The van der Waals surface area contributed by atoms with Crippen LogP contribution >= 0.6 is 11.6 Å². The Kier molecular flexibility index (Phi) is 6.69. The standard InChI is InChI=1S/C16H23ClN2O2/c1-5-11(4)18-16(21)14(10(2)3)19-15(20)12-6-8-13(17)9-7-12/h6-11,14H,5H2,1-4H3,(H,18,21)(H,19,20). The summed E-state index contributed by atoms with van der Waals surface area (Å²) in [6.45, 7) is 7.75. The molecule has 1 aromatic carbocycles. The summed E-state index contributed by atoms with van der Waals surface area (Å²) in [5.41, 5.74) is 0.487. The van der Waals surface area contributed by atoms with Crippen LogP contribution in [0.2, 0.25) is 5.02 Å². The fraction of sp³-hybridized carbons (Fsp3) is 0.500. The zero-order valence-electron chi connectivity index (χ0n) is 12.9. The second kappa shape index (κ2) is 8.03. The molecule has 116 valence electrons. The molecular formula is C16H23ClN2O2. The molecule has 0 spiro atoms. The van der Waals surface area contributed by atoms with Gasteiger partial charge in [0.1, 0.15) is 6.04 Å². The first kappa shape index (κ1) is 17.5. The number of amides is 2. The number of carbonyl (C=O) groups is 2. The zero-order valence-corrected chi connectivity index (χ0v) is 13.7. The molecule has 2 atom stereocenters. The highest BCUT2D eigenvalue weighted by atomic mass is 35.5. The van der Waals surface area contributed by atoms with E-state index in [4.69, 9.17) is 11.6 Å². The maximum Gasteiger partial charge on any atom is 0.251 e. The third kappa shape index (κ3) is 5.38. The van der Waals surface area contributed by atoms with Crippen LogP contribution in [0.25, 0.3) is 0 Å². The summed E-state index contributed by atoms with van der Waals surface area (Å²) in [7, 11) is 0. The van der Waals surface area contributed by atoms with Crippen LogP contribution in [-0.2, 0) is 4.79 Å². The summed E-state index contributed by atoms with van der Waals surface area (Å²) in [5.74, 6) is -0.420. The van der Waals surface area contributed by atoms with E-state index in [0.717, 1.165) is 6.42 Å². The number of halogens is 1. The Morgan fingerprint density at radius 1 is 1.10 bits per heavy atom. The highest BCUT2D eigenvalue weighted by molar-refractivity contribution is 6.30. The summed E-state index contributed by atoms with van der Waals surface area (Å²) in [4.78, 5) is 24.4. The minimum atomic E-state index is -0.554. The summed E-state index contributed by atoms with van der Waals surface area (Å²) < 4.78 is 0. The average Bonchev–Trinajstić information content (AvgIpc) is 2.44. The van der Waals surface area contributed by atoms with E-state index in [2.05, 4.69) is 10.6 Å². The molecule has 2 unspecified atom stereocenters. The molecule has 0 saturated heterocycles. The lowest BCUT2D eigenvalue weighted by Gasteiger charge is -2.23. The number of rotatable bonds is 6. The van der Waals surface area contributed by atoms with Gasteiger partial charge in [0.2, 0.25) is 5.91 Å². The van der Waals surface area contributed by atoms with Gasteiger partial charge in [0.05, 0.1) is 0 Å². The van der Waals surface area contributed by atoms with Crippen molar-refractivity contribution in [1.82, 2.24) is 10.6 Å². The first-order valence-electron chi connectivity index (χ1n) is 7.22. The van der Waals surface area contributed by atoms with Crippen LogP contribution < -0.4 is 10.6 Å². The molecule has 21 heavy (non-hydrogen) atoms. The molecule has 0 aliphatic heterocycles. The number of hydrogen-bond acceptors (Lipinski definition) is 2. The van der Waals surface area contributed by atoms with E-state index in [0.29, 0.717) is 10.6 Å². The molecule has 0 aliphatic rings. The smallest absolute Gasteiger partial charge is 0.251 e. The van der Waals surface area contributed by atoms with Crippen molar-refractivity contribution in [3.63, 3.8) is 0 Å². The van der Waals surface area contributed by atoms with Crippen LogP contribution in [0.1, 0.15) is 44.5 Å². The summed E-state index contributed by atoms with van der Waals surface area (Å²) >= 11 is 5.80. The van der Waals surface area contributed by atoms with Crippen molar-refractivity contribution in [2.75, 3.05) is 0 Å². The Labute approximate surface area is 131 Å². The summed E-state index contributed by atoms with van der Waals surface area (Å²) in [6.07, 6.45) is 0.849. The van der Waals surface area contributed by atoms with Gasteiger partial charge in [-0.1, -0.05) is 32.4 Å². The Balaban J connectivity index is 2.76. The van der Waals surface area contributed by atoms with Crippen LogP contribution in [0.15, 0.2) is 24.3 Å². The monoisotopic (exact) mass is 310 g/mol. The van der Waals surface area contributed by atoms with Crippen molar-refractivity contribution in [2.45, 2.75) is 46.2 Å². The molecule has 2 N–H and O–H groups in total. The van der Waals surface area contributed by atoms with Gasteiger partial charge in [-0.2, -0.15) is 0 Å². The molecule has 0 fully saturated rings. The fourth-order valence-corrected chi connectivity index (χ4v) is 1.92.